The Balaban J connectivity index is 0.00000176. The Morgan fingerprint density at radius 2 is 2.05 bits per heavy atom. The second-order valence-corrected chi connectivity index (χ2v) is 7.95. The van der Waals surface area contributed by atoms with Gasteiger partial charge in [0.25, 0.3) is 0 Å². The maximum atomic E-state index is 6.24. The SMILES string of the molecule is CCC1(c2ccccc2)CC2CC(C(N)=S)(CCC2C)C1.[HH]. The molecule has 2 aliphatic carbocycles. The van der Waals surface area contributed by atoms with Crippen LogP contribution in [0, 0.1) is 17.3 Å². The predicted molar refractivity (Wildman–Crippen MR) is 95.5 cm³/mol. The topological polar surface area (TPSA) is 26.0 Å². The van der Waals surface area contributed by atoms with Crippen LogP contribution in [0.5, 0.6) is 0 Å². The Bertz CT molecular complexity index is 531. The fourth-order valence-electron chi connectivity index (χ4n) is 5.00. The van der Waals surface area contributed by atoms with Gasteiger partial charge in [0.2, 0.25) is 0 Å². The van der Waals surface area contributed by atoms with E-state index in [1.165, 1.54) is 37.7 Å². The van der Waals surface area contributed by atoms with E-state index in [0.29, 0.717) is 0 Å². The minimum atomic E-state index is 0. The first-order valence-electron chi connectivity index (χ1n) is 8.37. The number of hydrogen-bond acceptors (Lipinski definition) is 1. The number of rotatable bonds is 3. The largest absolute Gasteiger partial charge is 0.393 e. The molecule has 1 nitrogen and oxygen atoms in total. The summed E-state index contributed by atoms with van der Waals surface area (Å²) in [4.78, 5) is 0.771. The van der Waals surface area contributed by atoms with Gasteiger partial charge in [0.1, 0.15) is 0 Å². The number of fused-ring (bicyclic) bond motifs is 2. The second-order valence-electron chi connectivity index (χ2n) is 7.51. The molecular weight excluding hydrogens is 274 g/mol. The van der Waals surface area contributed by atoms with Crippen molar-refractivity contribution < 1.29 is 1.43 Å². The Morgan fingerprint density at radius 3 is 2.67 bits per heavy atom. The predicted octanol–water partition coefficient (Wildman–Crippen LogP) is 5.08. The molecule has 1 aromatic carbocycles. The minimum Gasteiger partial charge on any atom is -0.393 e. The lowest BCUT2D eigenvalue weighted by Crippen LogP contribution is -2.52. The quantitative estimate of drug-likeness (QED) is 0.788. The molecule has 21 heavy (non-hydrogen) atoms. The zero-order chi connectivity index (χ0) is 15.1. The van der Waals surface area contributed by atoms with E-state index in [0.717, 1.165) is 23.2 Å². The first-order valence-corrected chi connectivity index (χ1v) is 8.78. The van der Waals surface area contributed by atoms with Crippen LogP contribution in [-0.4, -0.2) is 4.99 Å². The molecule has 0 radical (unpaired) electrons. The summed E-state index contributed by atoms with van der Waals surface area (Å²) < 4.78 is 0. The lowest BCUT2D eigenvalue weighted by molar-refractivity contribution is 0.0348. The molecule has 2 heteroatoms. The highest BCUT2D eigenvalue weighted by Crippen LogP contribution is 2.59. The highest BCUT2D eigenvalue weighted by Gasteiger charge is 2.52. The summed E-state index contributed by atoms with van der Waals surface area (Å²) in [6.07, 6.45) is 7.34. The van der Waals surface area contributed by atoms with Crippen LogP contribution in [0.3, 0.4) is 0 Å². The Labute approximate surface area is 135 Å². The molecule has 4 unspecified atom stereocenters. The third kappa shape index (κ3) is 2.42. The van der Waals surface area contributed by atoms with Crippen molar-refractivity contribution in [3.63, 3.8) is 0 Å². The van der Waals surface area contributed by atoms with Crippen LogP contribution in [0.4, 0.5) is 0 Å². The Kier molecular flexibility index (Phi) is 3.85. The highest BCUT2D eigenvalue weighted by atomic mass is 32.1. The van der Waals surface area contributed by atoms with Crippen LogP contribution >= 0.6 is 12.2 Å². The Hall–Kier alpha value is -0.890. The number of benzene rings is 1. The van der Waals surface area contributed by atoms with Gasteiger partial charge >= 0.3 is 0 Å². The monoisotopic (exact) mass is 303 g/mol. The first-order chi connectivity index (χ1) is 10.0. The zero-order valence-electron chi connectivity index (χ0n) is 13.3. The van der Waals surface area contributed by atoms with Crippen molar-refractivity contribution >= 4 is 17.2 Å². The molecule has 0 spiro atoms. The van der Waals surface area contributed by atoms with Crippen LogP contribution in [0.25, 0.3) is 0 Å². The maximum Gasteiger partial charge on any atom is 0.0790 e. The molecule has 0 amide bonds. The van der Waals surface area contributed by atoms with Crippen LogP contribution in [0.2, 0.25) is 0 Å². The van der Waals surface area contributed by atoms with Gasteiger partial charge in [-0.1, -0.05) is 56.4 Å². The normalized spacial score (nSPS) is 39.0. The third-order valence-corrected chi connectivity index (χ3v) is 6.88. The minimum absolute atomic E-state index is 0. The smallest absolute Gasteiger partial charge is 0.0790 e. The molecule has 2 saturated carbocycles. The van der Waals surface area contributed by atoms with E-state index in [1.54, 1.807) is 0 Å². The van der Waals surface area contributed by atoms with Gasteiger partial charge in [0.05, 0.1) is 4.99 Å². The maximum absolute atomic E-state index is 6.24. The van der Waals surface area contributed by atoms with Gasteiger partial charge in [-0.05, 0) is 61.3 Å². The van der Waals surface area contributed by atoms with Crippen molar-refractivity contribution in [3.8, 4) is 0 Å². The van der Waals surface area contributed by atoms with Crippen LogP contribution in [0.1, 0.15) is 59.4 Å². The first kappa shape index (κ1) is 15.0. The molecule has 3 rings (SSSR count). The van der Waals surface area contributed by atoms with E-state index in [1.807, 2.05) is 0 Å². The van der Waals surface area contributed by atoms with Gasteiger partial charge in [0, 0.05) is 6.84 Å². The van der Waals surface area contributed by atoms with Crippen molar-refractivity contribution in [3.05, 3.63) is 35.9 Å². The standard InChI is InChI=1S/C19H27NS.H2/c1-3-18(16-7-5-4-6-8-16)11-15-12-19(13-18,17(20)21)10-9-14(15)2;/h4-8,14-15H,3,9-13H2,1-2H3,(H2,20,21);1H. The van der Waals surface area contributed by atoms with Gasteiger partial charge in [-0.2, -0.15) is 0 Å². The lowest BCUT2D eigenvalue weighted by atomic mass is 9.49. The van der Waals surface area contributed by atoms with E-state index < -0.39 is 0 Å². The van der Waals surface area contributed by atoms with Gasteiger partial charge in [-0.15, -0.1) is 0 Å². The summed E-state index contributed by atoms with van der Waals surface area (Å²) in [6.45, 7) is 4.76. The molecule has 2 fully saturated rings. The third-order valence-electron chi connectivity index (χ3n) is 6.45. The molecule has 0 saturated heterocycles. The fraction of sp³-hybridized carbons (Fsp3) is 0.632. The summed E-state index contributed by atoms with van der Waals surface area (Å²) in [7, 11) is 0. The summed E-state index contributed by atoms with van der Waals surface area (Å²) >= 11 is 5.53. The average molecular weight is 304 g/mol. The van der Waals surface area contributed by atoms with E-state index in [2.05, 4.69) is 44.2 Å². The van der Waals surface area contributed by atoms with Crippen LogP contribution < -0.4 is 5.73 Å². The van der Waals surface area contributed by atoms with Crippen LogP contribution in [0.15, 0.2) is 30.3 Å². The zero-order valence-corrected chi connectivity index (χ0v) is 14.1. The van der Waals surface area contributed by atoms with Crippen molar-refractivity contribution in [1.29, 1.82) is 0 Å². The summed E-state index contributed by atoms with van der Waals surface area (Å²) in [5.74, 6) is 1.58. The number of nitrogens with two attached hydrogens (primary N) is 1. The second kappa shape index (κ2) is 5.39. The fourth-order valence-corrected chi connectivity index (χ4v) is 5.25. The molecule has 0 aliphatic heterocycles. The molecule has 4 atom stereocenters. The van der Waals surface area contributed by atoms with E-state index in [9.17, 15) is 0 Å². The molecule has 2 bridgehead atoms. The number of hydrogen-bond donors (Lipinski definition) is 1. The molecule has 1 aromatic rings. The van der Waals surface area contributed by atoms with Crippen molar-refractivity contribution in [2.45, 2.75) is 57.8 Å². The van der Waals surface area contributed by atoms with Gasteiger partial charge in [-0.3, -0.25) is 0 Å². The number of thiocarbonyl (C=S) groups is 1. The average Bonchev–Trinajstić information content (AvgIpc) is 2.52. The van der Waals surface area contributed by atoms with E-state index in [4.69, 9.17) is 18.0 Å². The van der Waals surface area contributed by atoms with Gasteiger partial charge in [-0.25, -0.2) is 0 Å². The highest BCUT2D eigenvalue weighted by molar-refractivity contribution is 7.80. The van der Waals surface area contributed by atoms with E-state index in [-0.39, 0.29) is 12.3 Å². The molecule has 0 aromatic heterocycles. The molecule has 2 N–H and O–H groups in total. The molecular formula is C19H29NS. The summed E-state index contributed by atoms with van der Waals surface area (Å²) in [6, 6.07) is 11.1. The summed E-state index contributed by atoms with van der Waals surface area (Å²) in [5.41, 5.74) is 8.11. The molecule has 2 aliphatic rings. The van der Waals surface area contributed by atoms with Crippen molar-refractivity contribution in [1.82, 2.24) is 0 Å². The van der Waals surface area contributed by atoms with Crippen LogP contribution in [-0.2, 0) is 5.41 Å². The summed E-state index contributed by atoms with van der Waals surface area (Å²) in [5, 5.41) is 0. The molecule has 116 valence electrons. The van der Waals surface area contributed by atoms with Crippen molar-refractivity contribution in [2.24, 2.45) is 23.0 Å². The van der Waals surface area contributed by atoms with Gasteiger partial charge < -0.3 is 5.73 Å². The Morgan fingerprint density at radius 1 is 1.33 bits per heavy atom. The molecule has 0 heterocycles. The lowest BCUT2D eigenvalue weighted by Gasteiger charge is -2.55. The van der Waals surface area contributed by atoms with E-state index >= 15 is 0 Å². The van der Waals surface area contributed by atoms with Crippen molar-refractivity contribution in [2.75, 3.05) is 0 Å². The van der Waals surface area contributed by atoms with Gasteiger partial charge in [0.15, 0.2) is 0 Å².